The number of rotatable bonds is 8. The predicted octanol–water partition coefficient (Wildman–Crippen LogP) is 8.12. The lowest BCUT2D eigenvalue weighted by Gasteiger charge is -2.16. The summed E-state index contributed by atoms with van der Waals surface area (Å²) in [6.07, 6.45) is 1.55. The van der Waals surface area contributed by atoms with Crippen LogP contribution < -0.4 is 10.6 Å². The van der Waals surface area contributed by atoms with Gasteiger partial charge in [0.05, 0.1) is 11.1 Å². The molecule has 0 aliphatic heterocycles. The molecule has 0 amide bonds. The van der Waals surface area contributed by atoms with Crippen LogP contribution in [0.1, 0.15) is 31.0 Å². The maximum Gasteiger partial charge on any atom is 0.164 e. The molecule has 0 atom stereocenters. The van der Waals surface area contributed by atoms with Crippen LogP contribution in [-0.4, -0.2) is 20.1 Å². The molecule has 0 aliphatic carbocycles. The maximum absolute atomic E-state index is 9.68. The Kier molecular flexibility index (Phi) is 7.58. The number of hydrogen-bond donors (Lipinski definition) is 3. The number of fused-ring (bicyclic) bond motifs is 1. The van der Waals surface area contributed by atoms with Gasteiger partial charge in [-0.25, -0.2) is 15.0 Å². The third-order valence-corrected chi connectivity index (χ3v) is 7.43. The van der Waals surface area contributed by atoms with E-state index in [4.69, 9.17) is 4.98 Å². The summed E-state index contributed by atoms with van der Waals surface area (Å²) in [6, 6.07) is 25.8. The molecule has 6 nitrogen and oxygen atoms in total. The fourth-order valence-electron chi connectivity index (χ4n) is 3.78. The van der Waals surface area contributed by atoms with Crippen molar-refractivity contribution in [2.75, 3.05) is 10.6 Å². The molecule has 0 bridgehead atoms. The standard InChI is InChI=1S/C29H26BrN5OS/c1-18(2)25-13-12-24-28(34-25)32-17-33-29(24)35-26-15-21(31-16-19-3-5-20(30)6-4-19)7-14-27(26)37-23-10-8-22(36)9-11-23/h3-15,17-18,31,36H,16H2,1-2H3,(H,32,33,34,35). The highest BCUT2D eigenvalue weighted by atomic mass is 79.9. The van der Waals surface area contributed by atoms with Crippen LogP contribution in [0.5, 0.6) is 5.75 Å². The second kappa shape index (κ2) is 11.2. The molecule has 2 heterocycles. The minimum Gasteiger partial charge on any atom is -0.508 e. The summed E-state index contributed by atoms with van der Waals surface area (Å²) >= 11 is 5.10. The Labute approximate surface area is 228 Å². The van der Waals surface area contributed by atoms with Crippen LogP contribution in [0.3, 0.4) is 0 Å². The third-order valence-electron chi connectivity index (χ3n) is 5.82. The Hall–Kier alpha value is -3.62. The number of halogens is 1. The molecule has 0 fully saturated rings. The number of anilines is 3. The van der Waals surface area contributed by atoms with Crippen LogP contribution in [0.2, 0.25) is 0 Å². The molecule has 186 valence electrons. The Morgan fingerprint density at radius 2 is 1.70 bits per heavy atom. The molecule has 5 aromatic rings. The number of phenolic OH excluding ortho intramolecular Hbond substituents is 1. The van der Waals surface area contributed by atoms with Gasteiger partial charge in [-0.2, -0.15) is 0 Å². The fraction of sp³-hybridized carbons (Fsp3) is 0.138. The molecule has 0 aliphatic rings. The molecule has 0 unspecified atom stereocenters. The van der Waals surface area contributed by atoms with E-state index in [-0.39, 0.29) is 5.75 Å². The van der Waals surface area contributed by atoms with E-state index in [2.05, 4.69) is 80.7 Å². The summed E-state index contributed by atoms with van der Waals surface area (Å²) in [5.74, 6) is 1.26. The summed E-state index contributed by atoms with van der Waals surface area (Å²) in [7, 11) is 0. The van der Waals surface area contributed by atoms with Gasteiger partial charge in [-0.3, -0.25) is 0 Å². The van der Waals surface area contributed by atoms with Gasteiger partial charge in [-0.15, -0.1) is 0 Å². The first-order chi connectivity index (χ1) is 17.9. The maximum atomic E-state index is 9.68. The predicted molar refractivity (Wildman–Crippen MR) is 155 cm³/mol. The Bertz CT molecular complexity index is 1520. The number of aromatic nitrogens is 3. The zero-order chi connectivity index (χ0) is 25.8. The molecule has 3 N–H and O–H groups in total. The summed E-state index contributed by atoms with van der Waals surface area (Å²) < 4.78 is 1.06. The van der Waals surface area contributed by atoms with Gasteiger partial charge in [0.25, 0.3) is 0 Å². The highest BCUT2D eigenvalue weighted by Gasteiger charge is 2.12. The lowest BCUT2D eigenvalue weighted by Crippen LogP contribution is -2.02. The average Bonchev–Trinajstić information content (AvgIpc) is 2.90. The topological polar surface area (TPSA) is 83.0 Å². The van der Waals surface area contributed by atoms with Gasteiger partial charge >= 0.3 is 0 Å². The molecule has 37 heavy (non-hydrogen) atoms. The first-order valence-corrected chi connectivity index (χ1v) is 13.5. The van der Waals surface area contributed by atoms with Gasteiger partial charge in [-0.05, 0) is 78.2 Å². The molecule has 0 saturated heterocycles. The van der Waals surface area contributed by atoms with Crippen molar-refractivity contribution in [3.05, 3.63) is 101 Å². The Morgan fingerprint density at radius 3 is 2.46 bits per heavy atom. The number of hydrogen-bond acceptors (Lipinski definition) is 7. The van der Waals surface area contributed by atoms with Crippen molar-refractivity contribution < 1.29 is 5.11 Å². The van der Waals surface area contributed by atoms with Crippen molar-refractivity contribution in [3.63, 3.8) is 0 Å². The van der Waals surface area contributed by atoms with Gasteiger partial charge < -0.3 is 15.7 Å². The molecular formula is C29H26BrN5OS. The molecule has 2 aromatic heterocycles. The average molecular weight is 573 g/mol. The summed E-state index contributed by atoms with van der Waals surface area (Å²) in [5, 5.41) is 17.6. The third kappa shape index (κ3) is 6.21. The Morgan fingerprint density at radius 1 is 0.919 bits per heavy atom. The smallest absolute Gasteiger partial charge is 0.164 e. The van der Waals surface area contributed by atoms with E-state index < -0.39 is 0 Å². The number of aromatic hydroxyl groups is 1. The molecule has 0 spiro atoms. The minimum atomic E-state index is 0.246. The minimum absolute atomic E-state index is 0.246. The van der Waals surface area contributed by atoms with Crippen LogP contribution in [0.25, 0.3) is 11.0 Å². The molecule has 5 rings (SSSR count). The van der Waals surface area contributed by atoms with E-state index in [0.29, 0.717) is 23.9 Å². The first-order valence-electron chi connectivity index (χ1n) is 11.9. The number of benzene rings is 3. The number of phenols is 1. The quantitative estimate of drug-likeness (QED) is 0.173. The molecule has 0 saturated carbocycles. The van der Waals surface area contributed by atoms with Crippen molar-refractivity contribution in [1.82, 2.24) is 15.0 Å². The van der Waals surface area contributed by atoms with Crippen LogP contribution in [0.4, 0.5) is 17.2 Å². The second-order valence-electron chi connectivity index (χ2n) is 8.90. The van der Waals surface area contributed by atoms with Crippen molar-refractivity contribution in [1.29, 1.82) is 0 Å². The number of nitrogens with one attached hydrogen (secondary N) is 2. The van der Waals surface area contributed by atoms with Gasteiger partial charge in [0.2, 0.25) is 0 Å². The first kappa shape index (κ1) is 25.0. The molecular weight excluding hydrogens is 546 g/mol. The largest absolute Gasteiger partial charge is 0.508 e. The monoisotopic (exact) mass is 571 g/mol. The molecule has 8 heteroatoms. The summed E-state index contributed by atoms with van der Waals surface area (Å²) in [5.41, 5.74) is 4.75. The van der Waals surface area contributed by atoms with E-state index in [9.17, 15) is 5.11 Å². The lowest BCUT2D eigenvalue weighted by atomic mass is 10.1. The Balaban J connectivity index is 1.47. The van der Waals surface area contributed by atoms with Crippen LogP contribution in [0, 0.1) is 0 Å². The number of pyridine rings is 1. The lowest BCUT2D eigenvalue weighted by molar-refractivity contribution is 0.475. The van der Waals surface area contributed by atoms with E-state index in [1.165, 1.54) is 5.56 Å². The van der Waals surface area contributed by atoms with E-state index in [1.54, 1.807) is 30.2 Å². The van der Waals surface area contributed by atoms with E-state index >= 15 is 0 Å². The zero-order valence-corrected chi connectivity index (χ0v) is 22.8. The fourth-order valence-corrected chi connectivity index (χ4v) is 4.93. The van der Waals surface area contributed by atoms with Gasteiger partial charge in [-0.1, -0.05) is 53.7 Å². The second-order valence-corrected chi connectivity index (χ2v) is 10.9. The van der Waals surface area contributed by atoms with E-state index in [0.717, 1.165) is 36.7 Å². The van der Waals surface area contributed by atoms with Crippen LogP contribution in [-0.2, 0) is 6.54 Å². The van der Waals surface area contributed by atoms with Crippen LogP contribution >= 0.6 is 27.7 Å². The van der Waals surface area contributed by atoms with Gasteiger partial charge in [0.1, 0.15) is 17.9 Å². The van der Waals surface area contributed by atoms with Crippen molar-refractivity contribution in [2.45, 2.75) is 36.1 Å². The van der Waals surface area contributed by atoms with Crippen molar-refractivity contribution in [3.8, 4) is 5.75 Å². The molecule has 3 aromatic carbocycles. The van der Waals surface area contributed by atoms with Crippen LogP contribution in [0.15, 0.2) is 99.5 Å². The highest BCUT2D eigenvalue weighted by Crippen LogP contribution is 2.38. The van der Waals surface area contributed by atoms with Gasteiger partial charge in [0.15, 0.2) is 5.65 Å². The van der Waals surface area contributed by atoms with Gasteiger partial charge in [0, 0.05) is 32.2 Å². The summed E-state index contributed by atoms with van der Waals surface area (Å²) in [6.45, 7) is 4.94. The van der Waals surface area contributed by atoms with Crippen molar-refractivity contribution >= 4 is 55.9 Å². The highest BCUT2D eigenvalue weighted by molar-refractivity contribution is 9.10. The summed E-state index contributed by atoms with van der Waals surface area (Å²) in [4.78, 5) is 15.7. The SMILES string of the molecule is CC(C)c1ccc2c(Nc3cc(NCc4ccc(Br)cc4)ccc3Sc3ccc(O)cc3)ncnc2n1. The molecule has 0 radical (unpaired) electrons. The van der Waals surface area contributed by atoms with E-state index in [1.807, 2.05) is 36.4 Å². The zero-order valence-electron chi connectivity index (χ0n) is 20.4. The number of nitrogens with zero attached hydrogens (tertiary/aromatic N) is 3. The normalized spacial score (nSPS) is 11.1. The van der Waals surface area contributed by atoms with Crippen molar-refractivity contribution in [2.24, 2.45) is 0 Å².